The van der Waals surface area contributed by atoms with Crippen molar-refractivity contribution in [2.24, 2.45) is 0 Å². The largest absolute Gasteiger partial charge is 0.339 e. The molecule has 0 aromatic heterocycles. The minimum atomic E-state index is -0.279. The van der Waals surface area contributed by atoms with Gasteiger partial charge in [0.2, 0.25) is 0 Å². The molecule has 0 N–H and O–H groups in total. The van der Waals surface area contributed by atoms with E-state index >= 15 is 0 Å². The molecule has 2 nitrogen and oxygen atoms in total. The zero-order valence-electron chi connectivity index (χ0n) is 9.54. The van der Waals surface area contributed by atoms with Crippen LogP contribution in [0.1, 0.15) is 29.8 Å². The quantitative estimate of drug-likeness (QED) is 0.733. The topological polar surface area (TPSA) is 20.3 Å². The number of aryl methyl sites for hydroxylation is 1. The van der Waals surface area contributed by atoms with Gasteiger partial charge in [-0.05, 0) is 44.5 Å². The third-order valence-corrected chi connectivity index (χ3v) is 2.50. The number of benzene rings is 1. The lowest BCUT2D eigenvalue weighted by Gasteiger charge is -2.21. The second kappa shape index (κ2) is 4.43. The van der Waals surface area contributed by atoms with Crippen molar-refractivity contribution >= 4 is 5.91 Å². The zero-order valence-corrected chi connectivity index (χ0v) is 9.54. The summed E-state index contributed by atoms with van der Waals surface area (Å²) < 4.78 is 13.0. The van der Waals surface area contributed by atoms with E-state index in [1.165, 1.54) is 12.1 Å². The number of carbonyl (C=O) groups excluding carboxylic acids is 1. The van der Waals surface area contributed by atoms with Crippen molar-refractivity contribution in [2.75, 3.05) is 7.05 Å². The Kier molecular flexibility index (Phi) is 3.45. The Morgan fingerprint density at radius 2 is 2.00 bits per heavy atom. The van der Waals surface area contributed by atoms with Gasteiger partial charge in [-0.25, -0.2) is 4.39 Å². The number of halogens is 1. The van der Waals surface area contributed by atoms with E-state index in [4.69, 9.17) is 0 Å². The van der Waals surface area contributed by atoms with Crippen LogP contribution in [0, 0.1) is 12.7 Å². The monoisotopic (exact) mass is 209 g/mol. The molecule has 0 aliphatic carbocycles. The first kappa shape index (κ1) is 11.7. The van der Waals surface area contributed by atoms with Crippen LogP contribution in [-0.2, 0) is 0 Å². The molecule has 15 heavy (non-hydrogen) atoms. The highest BCUT2D eigenvalue weighted by Crippen LogP contribution is 2.12. The molecule has 1 amide bonds. The van der Waals surface area contributed by atoms with E-state index in [1.54, 1.807) is 24.9 Å². The summed E-state index contributed by atoms with van der Waals surface area (Å²) in [5.74, 6) is -0.355. The van der Waals surface area contributed by atoms with Crippen LogP contribution in [0.15, 0.2) is 18.2 Å². The Balaban J connectivity index is 2.97. The van der Waals surface area contributed by atoms with Crippen LogP contribution in [-0.4, -0.2) is 23.9 Å². The van der Waals surface area contributed by atoms with Gasteiger partial charge in [-0.3, -0.25) is 4.79 Å². The Hall–Kier alpha value is -1.38. The van der Waals surface area contributed by atoms with Gasteiger partial charge in [0, 0.05) is 18.7 Å². The molecule has 0 saturated heterocycles. The summed E-state index contributed by atoms with van der Waals surface area (Å²) in [6.45, 7) is 5.53. The fourth-order valence-corrected chi connectivity index (χ4v) is 1.22. The van der Waals surface area contributed by atoms with E-state index in [0.29, 0.717) is 11.1 Å². The third kappa shape index (κ3) is 2.55. The second-order valence-electron chi connectivity index (χ2n) is 3.97. The van der Waals surface area contributed by atoms with Gasteiger partial charge in [-0.1, -0.05) is 0 Å². The molecule has 0 fully saturated rings. The van der Waals surface area contributed by atoms with Crippen molar-refractivity contribution < 1.29 is 9.18 Å². The van der Waals surface area contributed by atoms with E-state index in [-0.39, 0.29) is 17.8 Å². The maximum Gasteiger partial charge on any atom is 0.253 e. The Bertz CT molecular complexity index is 374. The Labute approximate surface area is 89.7 Å². The van der Waals surface area contributed by atoms with Crippen molar-refractivity contribution in [1.82, 2.24) is 4.90 Å². The molecule has 0 radical (unpaired) electrons. The van der Waals surface area contributed by atoms with E-state index < -0.39 is 0 Å². The number of rotatable bonds is 2. The first-order chi connectivity index (χ1) is 6.93. The maximum absolute atomic E-state index is 13.0. The minimum absolute atomic E-state index is 0.0758. The van der Waals surface area contributed by atoms with Crippen LogP contribution in [0.25, 0.3) is 0 Å². The van der Waals surface area contributed by atoms with Crippen molar-refractivity contribution in [1.29, 1.82) is 0 Å². The smallest absolute Gasteiger partial charge is 0.253 e. The fraction of sp³-hybridized carbons (Fsp3) is 0.417. The van der Waals surface area contributed by atoms with Crippen molar-refractivity contribution in [3.63, 3.8) is 0 Å². The first-order valence-electron chi connectivity index (χ1n) is 4.96. The van der Waals surface area contributed by atoms with Crippen LogP contribution >= 0.6 is 0 Å². The summed E-state index contributed by atoms with van der Waals surface area (Å²) in [4.78, 5) is 13.5. The number of carbonyl (C=O) groups is 1. The molecule has 1 aromatic carbocycles. The van der Waals surface area contributed by atoms with E-state index in [2.05, 4.69) is 0 Å². The lowest BCUT2D eigenvalue weighted by molar-refractivity contribution is 0.0755. The van der Waals surface area contributed by atoms with Crippen molar-refractivity contribution in [2.45, 2.75) is 26.8 Å². The molecule has 1 aromatic rings. The standard InChI is InChI=1S/C12H16FNO/c1-8(2)14(4)12(15)10-5-6-11(13)9(3)7-10/h5-8H,1-4H3. The number of nitrogens with zero attached hydrogens (tertiary/aromatic N) is 1. The van der Waals surface area contributed by atoms with E-state index in [1.807, 2.05) is 13.8 Å². The maximum atomic E-state index is 13.0. The molecule has 82 valence electrons. The van der Waals surface area contributed by atoms with Crippen molar-refractivity contribution in [3.8, 4) is 0 Å². The van der Waals surface area contributed by atoms with E-state index in [0.717, 1.165) is 0 Å². The highest BCUT2D eigenvalue weighted by molar-refractivity contribution is 5.94. The van der Waals surface area contributed by atoms with Gasteiger partial charge in [-0.15, -0.1) is 0 Å². The van der Waals surface area contributed by atoms with Gasteiger partial charge in [0.25, 0.3) is 5.91 Å². The van der Waals surface area contributed by atoms with Gasteiger partial charge in [0.15, 0.2) is 0 Å². The SMILES string of the molecule is Cc1cc(C(=O)N(C)C(C)C)ccc1F. The molecule has 0 spiro atoms. The van der Waals surface area contributed by atoms with Crippen LogP contribution in [0.5, 0.6) is 0 Å². The second-order valence-corrected chi connectivity index (χ2v) is 3.97. The molecule has 3 heteroatoms. The zero-order chi connectivity index (χ0) is 11.6. The first-order valence-corrected chi connectivity index (χ1v) is 4.96. The summed E-state index contributed by atoms with van der Waals surface area (Å²) in [7, 11) is 1.74. The van der Waals surface area contributed by atoms with Gasteiger partial charge in [0.1, 0.15) is 5.82 Å². The van der Waals surface area contributed by atoms with Gasteiger partial charge < -0.3 is 4.90 Å². The van der Waals surface area contributed by atoms with Gasteiger partial charge >= 0.3 is 0 Å². The number of hydrogen-bond acceptors (Lipinski definition) is 1. The van der Waals surface area contributed by atoms with Crippen LogP contribution < -0.4 is 0 Å². The number of amides is 1. The third-order valence-electron chi connectivity index (χ3n) is 2.50. The normalized spacial score (nSPS) is 10.5. The predicted octanol–water partition coefficient (Wildman–Crippen LogP) is 2.61. The predicted molar refractivity (Wildman–Crippen MR) is 58.4 cm³/mol. The van der Waals surface area contributed by atoms with E-state index in [9.17, 15) is 9.18 Å². The summed E-state index contributed by atoms with van der Waals surface area (Å²) in [5.41, 5.74) is 1.03. The summed E-state index contributed by atoms with van der Waals surface area (Å²) >= 11 is 0. The molecule has 0 saturated carbocycles. The van der Waals surface area contributed by atoms with Crippen LogP contribution in [0.4, 0.5) is 4.39 Å². The van der Waals surface area contributed by atoms with Gasteiger partial charge in [-0.2, -0.15) is 0 Å². The summed E-state index contributed by atoms with van der Waals surface area (Å²) in [6.07, 6.45) is 0. The van der Waals surface area contributed by atoms with Crippen LogP contribution in [0.3, 0.4) is 0 Å². The fourth-order valence-electron chi connectivity index (χ4n) is 1.22. The van der Waals surface area contributed by atoms with Gasteiger partial charge in [0.05, 0.1) is 0 Å². The highest BCUT2D eigenvalue weighted by atomic mass is 19.1. The lowest BCUT2D eigenvalue weighted by Crippen LogP contribution is -2.33. The molecule has 1 rings (SSSR count). The molecule has 0 atom stereocenters. The average molecular weight is 209 g/mol. The molecular formula is C12H16FNO. The summed E-state index contributed by atoms with van der Waals surface area (Å²) in [6, 6.07) is 4.57. The Morgan fingerprint density at radius 1 is 1.40 bits per heavy atom. The Morgan fingerprint density at radius 3 is 2.47 bits per heavy atom. The molecule has 0 aliphatic rings. The van der Waals surface area contributed by atoms with Crippen molar-refractivity contribution in [3.05, 3.63) is 35.1 Å². The lowest BCUT2D eigenvalue weighted by atomic mass is 10.1. The molecule has 0 bridgehead atoms. The molecular weight excluding hydrogens is 193 g/mol. The summed E-state index contributed by atoms with van der Waals surface area (Å²) in [5, 5.41) is 0. The molecule has 0 heterocycles. The average Bonchev–Trinajstić information content (AvgIpc) is 2.19. The minimum Gasteiger partial charge on any atom is -0.339 e. The highest BCUT2D eigenvalue weighted by Gasteiger charge is 2.14. The van der Waals surface area contributed by atoms with Crippen LogP contribution in [0.2, 0.25) is 0 Å². The molecule has 0 aliphatic heterocycles. The molecule has 0 unspecified atom stereocenters. The number of hydrogen-bond donors (Lipinski definition) is 0.